The number of likely N-dealkylation sites (tertiary alicyclic amines) is 1. The van der Waals surface area contributed by atoms with Crippen molar-refractivity contribution in [1.29, 1.82) is 0 Å². The number of fused-ring (bicyclic) bond motifs is 2. The third kappa shape index (κ3) is 3.92. The van der Waals surface area contributed by atoms with E-state index in [4.69, 9.17) is 4.74 Å². The van der Waals surface area contributed by atoms with Crippen LogP contribution in [-0.2, 0) is 15.0 Å². The van der Waals surface area contributed by atoms with Crippen LogP contribution in [0.25, 0.3) is 0 Å². The predicted molar refractivity (Wildman–Crippen MR) is 117 cm³/mol. The van der Waals surface area contributed by atoms with Gasteiger partial charge in [0, 0.05) is 36.5 Å². The number of amides is 2. The van der Waals surface area contributed by atoms with Crippen molar-refractivity contribution in [2.45, 2.75) is 50.0 Å². The molecule has 4 unspecified atom stereocenters. The van der Waals surface area contributed by atoms with Gasteiger partial charge in [0.2, 0.25) is 11.8 Å². The average Bonchev–Trinajstić information content (AvgIpc) is 3.20. The summed E-state index contributed by atoms with van der Waals surface area (Å²) in [7, 11) is 0. The molecule has 3 fully saturated rings. The molecular weight excluding hydrogens is 402 g/mol. The van der Waals surface area contributed by atoms with Gasteiger partial charge in [-0.25, -0.2) is 0 Å². The minimum Gasteiger partial charge on any atom is -0.493 e. The van der Waals surface area contributed by atoms with Crippen LogP contribution < -0.4 is 15.4 Å². The summed E-state index contributed by atoms with van der Waals surface area (Å²) in [5.41, 5.74) is 1.20. The maximum absolute atomic E-state index is 13.3. The molecule has 7 heteroatoms. The summed E-state index contributed by atoms with van der Waals surface area (Å²) in [4.78, 5) is 27.7. The molecule has 1 aliphatic carbocycles. The second-order valence-electron chi connectivity index (χ2n) is 9.19. The van der Waals surface area contributed by atoms with E-state index in [2.05, 4.69) is 21.6 Å². The molecule has 1 aromatic carbocycles. The highest BCUT2D eigenvalue weighted by molar-refractivity contribution is 5.86. The highest BCUT2D eigenvalue weighted by Crippen LogP contribution is 2.61. The zero-order valence-corrected chi connectivity index (χ0v) is 18.2. The lowest BCUT2D eigenvalue weighted by Gasteiger charge is -2.34. The Hall–Kier alpha value is -1.79. The number of rotatable bonds is 4. The minimum absolute atomic E-state index is 0. The van der Waals surface area contributed by atoms with Gasteiger partial charge in [-0.05, 0) is 57.1 Å². The summed E-state index contributed by atoms with van der Waals surface area (Å²) in [6, 6.07) is 8.17. The minimum atomic E-state index is -0.0313. The molecule has 2 amide bonds. The van der Waals surface area contributed by atoms with Crippen LogP contribution in [-0.4, -0.2) is 55.5 Å². The first-order chi connectivity index (χ1) is 14.2. The van der Waals surface area contributed by atoms with Crippen molar-refractivity contribution in [3.63, 3.8) is 0 Å². The number of ether oxygens (including phenoxy) is 1. The number of piperidine rings is 1. The van der Waals surface area contributed by atoms with Gasteiger partial charge in [-0.2, -0.15) is 0 Å². The molecule has 1 spiro atoms. The summed E-state index contributed by atoms with van der Waals surface area (Å²) >= 11 is 0. The van der Waals surface area contributed by atoms with E-state index in [0.717, 1.165) is 63.9 Å². The van der Waals surface area contributed by atoms with E-state index >= 15 is 0 Å². The van der Waals surface area contributed by atoms with E-state index in [1.807, 2.05) is 18.2 Å². The molecule has 4 aliphatic rings. The van der Waals surface area contributed by atoms with Gasteiger partial charge in [-0.3, -0.25) is 9.59 Å². The zero-order chi connectivity index (χ0) is 19.8. The van der Waals surface area contributed by atoms with Crippen LogP contribution >= 0.6 is 12.4 Å². The summed E-state index contributed by atoms with van der Waals surface area (Å²) in [6.07, 6.45) is 5.97. The summed E-state index contributed by atoms with van der Waals surface area (Å²) < 4.78 is 5.82. The van der Waals surface area contributed by atoms with Gasteiger partial charge in [0.1, 0.15) is 5.75 Å². The van der Waals surface area contributed by atoms with Crippen molar-refractivity contribution < 1.29 is 14.3 Å². The van der Waals surface area contributed by atoms with Crippen molar-refractivity contribution >= 4 is 24.2 Å². The molecule has 0 aromatic heterocycles. The highest BCUT2D eigenvalue weighted by Gasteiger charge is 2.61. The van der Waals surface area contributed by atoms with E-state index in [1.54, 1.807) is 0 Å². The molecule has 164 valence electrons. The maximum atomic E-state index is 13.3. The number of hydrogen-bond donors (Lipinski definition) is 2. The Balaban J connectivity index is 0.00000218. The van der Waals surface area contributed by atoms with Crippen LogP contribution in [0.3, 0.4) is 0 Å². The molecular formula is C23H32ClN3O3. The Labute approximate surface area is 184 Å². The standard InChI is InChI=1S/C23H31N3O3.ClH/c27-21(19-7-3-10-24-19)25-14-16-5-4-11-26(15-16)22(28)18-13-23(18)9-12-29-20-8-2-1-6-17(20)23;/h1-2,6,8,16,18-19,24H,3-5,7,9-15H2,(H,25,27);1H. The SMILES string of the molecule is Cl.O=C(NCC1CCCN(C(=O)C2CC23CCOc2ccccc23)C1)C1CCCN1. The molecule has 2 saturated heterocycles. The fraction of sp³-hybridized carbons (Fsp3) is 0.652. The summed E-state index contributed by atoms with van der Waals surface area (Å²) in [5, 5.41) is 6.36. The van der Waals surface area contributed by atoms with E-state index in [0.29, 0.717) is 25.0 Å². The van der Waals surface area contributed by atoms with Crippen molar-refractivity contribution in [2.75, 3.05) is 32.8 Å². The second-order valence-corrected chi connectivity index (χ2v) is 9.19. The van der Waals surface area contributed by atoms with E-state index in [-0.39, 0.29) is 35.7 Å². The Kier molecular flexibility index (Phi) is 6.26. The van der Waals surface area contributed by atoms with Crippen LogP contribution in [0.2, 0.25) is 0 Å². The van der Waals surface area contributed by atoms with Crippen LogP contribution in [0.5, 0.6) is 5.75 Å². The lowest BCUT2D eigenvalue weighted by atomic mass is 9.87. The van der Waals surface area contributed by atoms with E-state index < -0.39 is 0 Å². The van der Waals surface area contributed by atoms with Gasteiger partial charge in [0.05, 0.1) is 12.6 Å². The van der Waals surface area contributed by atoms with Gasteiger partial charge in [-0.1, -0.05) is 18.2 Å². The Morgan fingerprint density at radius 1 is 1.23 bits per heavy atom. The van der Waals surface area contributed by atoms with Crippen LogP contribution in [0.1, 0.15) is 44.1 Å². The molecule has 30 heavy (non-hydrogen) atoms. The molecule has 1 saturated carbocycles. The van der Waals surface area contributed by atoms with Crippen molar-refractivity contribution in [3.05, 3.63) is 29.8 Å². The number of para-hydroxylation sites is 1. The van der Waals surface area contributed by atoms with Crippen molar-refractivity contribution in [1.82, 2.24) is 15.5 Å². The van der Waals surface area contributed by atoms with E-state index in [1.165, 1.54) is 5.56 Å². The van der Waals surface area contributed by atoms with Gasteiger partial charge in [0.15, 0.2) is 0 Å². The smallest absolute Gasteiger partial charge is 0.237 e. The lowest BCUT2D eigenvalue weighted by molar-refractivity contribution is -0.135. The molecule has 5 rings (SSSR count). The van der Waals surface area contributed by atoms with Crippen molar-refractivity contribution in [2.24, 2.45) is 11.8 Å². The first-order valence-electron chi connectivity index (χ1n) is 11.2. The monoisotopic (exact) mass is 433 g/mol. The second kappa shape index (κ2) is 8.75. The Morgan fingerprint density at radius 2 is 2.10 bits per heavy atom. The number of nitrogens with zero attached hydrogens (tertiary/aromatic N) is 1. The fourth-order valence-electron chi connectivity index (χ4n) is 5.61. The maximum Gasteiger partial charge on any atom is 0.237 e. The topological polar surface area (TPSA) is 70.7 Å². The first kappa shape index (κ1) is 21.4. The predicted octanol–water partition coefficient (Wildman–Crippen LogP) is 2.26. The van der Waals surface area contributed by atoms with Crippen LogP contribution in [0, 0.1) is 11.8 Å². The van der Waals surface area contributed by atoms with Gasteiger partial charge in [0.25, 0.3) is 0 Å². The fourth-order valence-corrected chi connectivity index (χ4v) is 5.61. The van der Waals surface area contributed by atoms with Gasteiger partial charge < -0.3 is 20.3 Å². The number of benzene rings is 1. The first-order valence-corrected chi connectivity index (χ1v) is 11.2. The van der Waals surface area contributed by atoms with Crippen LogP contribution in [0.15, 0.2) is 24.3 Å². The molecule has 3 aliphatic heterocycles. The normalized spacial score (nSPS) is 32.0. The number of halogens is 1. The molecule has 6 nitrogen and oxygen atoms in total. The Bertz CT molecular complexity index is 798. The number of hydrogen-bond acceptors (Lipinski definition) is 4. The molecule has 4 atom stereocenters. The molecule has 3 heterocycles. The Morgan fingerprint density at radius 3 is 2.93 bits per heavy atom. The molecule has 0 bridgehead atoms. The summed E-state index contributed by atoms with van der Waals surface area (Å²) in [6.45, 7) is 3.92. The molecule has 0 radical (unpaired) electrons. The molecule has 2 N–H and O–H groups in total. The lowest BCUT2D eigenvalue weighted by Crippen LogP contribution is -2.47. The third-order valence-electron chi connectivity index (χ3n) is 7.38. The van der Waals surface area contributed by atoms with Gasteiger partial charge in [-0.15, -0.1) is 12.4 Å². The highest BCUT2D eigenvalue weighted by atomic mass is 35.5. The number of carbonyl (C=O) groups is 2. The quantitative estimate of drug-likeness (QED) is 0.764. The largest absolute Gasteiger partial charge is 0.493 e. The van der Waals surface area contributed by atoms with Crippen LogP contribution in [0.4, 0.5) is 0 Å². The number of nitrogens with one attached hydrogen (secondary N) is 2. The number of carbonyl (C=O) groups excluding carboxylic acids is 2. The average molecular weight is 434 g/mol. The zero-order valence-electron chi connectivity index (χ0n) is 17.4. The van der Waals surface area contributed by atoms with Crippen molar-refractivity contribution in [3.8, 4) is 5.75 Å². The third-order valence-corrected chi connectivity index (χ3v) is 7.38. The van der Waals surface area contributed by atoms with Gasteiger partial charge >= 0.3 is 0 Å². The summed E-state index contributed by atoms with van der Waals surface area (Å²) in [5.74, 6) is 1.81. The van der Waals surface area contributed by atoms with E-state index in [9.17, 15) is 9.59 Å². The molecule has 1 aromatic rings.